The largest absolute Gasteiger partial charge is 0.481 e. The summed E-state index contributed by atoms with van der Waals surface area (Å²) in [6.07, 6.45) is -5.24. The maximum atomic E-state index is 12.5. The average Bonchev–Trinajstić information content (AvgIpc) is 2.49. The molecule has 0 aliphatic heterocycles. The summed E-state index contributed by atoms with van der Waals surface area (Å²) in [5.74, 6) is -0.182. The number of rotatable bonds is 4. The van der Waals surface area contributed by atoms with E-state index in [4.69, 9.17) is 4.74 Å². The van der Waals surface area contributed by atoms with Crippen molar-refractivity contribution in [2.24, 2.45) is 0 Å². The van der Waals surface area contributed by atoms with E-state index in [9.17, 15) is 18.0 Å². The first kappa shape index (κ1) is 16.9. The van der Waals surface area contributed by atoms with Gasteiger partial charge in [0.15, 0.2) is 6.10 Å². The highest BCUT2D eigenvalue weighted by Gasteiger charge is 2.30. The first-order chi connectivity index (χ1) is 10.8. The summed E-state index contributed by atoms with van der Waals surface area (Å²) in [7, 11) is 0. The van der Waals surface area contributed by atoms with Gasteiger partial charge in [-0.05, 0) is 50.2 Å². The number of hydrogen-bond donors (Lipinski definition) is 1. The molecule has 0 aliphatic carbocycles. The summed E-state index contributed by atoms with van der Waals surface area (Å²) in [6, 6.07) is 11.5. The van der Waals surface area contributed by atoms with E-state index in [0.717, 1.165) is 17.7 Å². The maximum absolute atomic E-state index is 12.5. The molecular formula is C17H16F3NO2. The number of nitrogens with one attached hydrogen (secondary N) is 1. The number of hydrogen-bond acceptors (Lipinski definition) is 2. The van der Waals surface area contributed by atoms with E-state index < -0.39 is 17.8 Å². The highest BCUT2D eigenvalue weighted by Crippen LogP contribution is 2.30. The summed E-state index contributed by atoms with van der Waals surface area (Å²) < 4.78 is 42.8. The second-order valence-electron chi connectivity index (χ2n) is 5.14. The molecule has 0 aliphatic rings. The fraction of sp³-hybridized carbons (Fsp3) is 0.235. The number of halogens is 3. The standard InChI is InChI=1S/C17H16F3NO2/c1-11-3-7-14(8-4-11)21-16(22)12(2)23-15-9-5-13(6-10-15)17(18,19)20/h3-10,12H,1-2H3,(H,21,22)/t12-/m1/s1. The van der Waals surface area contributed by atoms with Crippen molar-refractivity contribution >= 4 is 11.6 Å². The van der Waals surface area contributed by atoms with Crippen LogP contribution >= 0.6 is 0 Å². The number of amides is 1. The van der Waals surface area contributed by atoms with Crippen LogP contribution in [0, 0.1) is 6.92 Å². The Kier molecular flexibility index (Phi) is 4.93. The molecule has 0 saturated carbocycles. The van der Waals surface area contributed by atoms with Gasteiger partial charge in [0.2, 0.25) is 0 Å². The Balaban J connectivity index is 1.96. The molecular weight excluding hydrogens is 307 g/mol. The van der Waals surface area contributed by atoms with E-state index >= 15 is 0 Å². The minimum Gasteiger partial charge on any atom is -0.481 e. The minimum absolute atomic E-state index is 0.199. The molecule has 1 atom stereocenters. The summed E-state index contributed by atoms with van der Waals surface area (Å²) in [6.45, 7) is 3.46. The highest BCUT2D eigenvalue weighted by molar-refractivity contribution is 5.94. The molecule has 122 valence electrons. The van der Waals surface area contributed by atoms with E-state index in [1.54, 1.807) is 12.1 Å². The van der Waals surface area contributed by atoms with E-state index in [-0.39, 0.29) is 11.7 Å². The van der Waals surface area contributed by atoms with Crippen molar-refractivity contribution in [2.75, 3.05) is 5.32 Å². The molecule has 0 saturated heterocycles. The fourth-order valence-electron chi connectivity index (χ4n) is 1.86. The van der Waals surface area contributed by atoms with Gasteiger partial charge in [0.05, 0.1) is 5.56 Å². The van der Waals surface area contributed by atoms with Gasteiger partial charge in [-0.25, -0.2) is 0 Å². The van der Waals surface area contributed by atoms with Gasteiger partial charge < -0.3 is 10.1 Å². The molecule has 0 heterocycles. The predicted octanol–water partition coefficient (Wildman–Crippen LogP) is 4.42. The SMILES string of the molecule is Cc1ccc(NC(=O)[C@@H](C)Oc2ccc(C(F)(F)F)cc2)cc1. The first-order valence-electron chi connectivity index (χ1n) is 6.97. The van der Waals surface area contributed by atoms with E-state index in [0.29, 0.717) is 5.69 Å². The van der Waals surface area contributed by atoms with Crippen LogP contribution in [0.25, 0.3) is 0 Å². The summed E-state index contributed by atoms with van der Waals surface area (Å²) in [5, 5.41) is 2.68. The minimum atomic E-state index is -4.40. The monoisotopic (exact) mass is 323 g/mol. The number of alkyl halides is 3. The molecule has 2 aromatic carbocycles. The van der Waals surface area contributed by atoms with Crippen molar-refractivity contribution in [3.05, 3.63) is 59.7 Å². The summed E-state index contributed by atoms with van der Waals surface area (Å²) in [5.41, 5.74) is 0.933. The normalized spacial score (nSPS) is 12.6. The quantitative estimate of drug-likeness (QED) is 0.904. The van der Waals surface area contributed by atoms with Gasteiger partial charge in [-0.3, -0.25) is 4.79 Å². The number of aryl methyl sites for hydroxylation is 1. The fourth-order valence-corrected chi connectivity index (χ4v) is 1.86. The number of carbonyl (C=O) groups is 1. The van der Waals surface area contributed by atoms with Crippen molar-refractivity contribution in [1.29, 1.82) is 0 Å². The van der Waals surface area contributed by atoms with Gasteiger partial charge in [0.25, 0.3) is 5.91 Å². The van der Waals surface area contributed by atoms with Gasteiger partial charge in [-0.2, -0.15) is 13.2 Å². The van der Waals surface area contributed by atoms with Crippen LogP contribution < -0.4 is 10.1 Å². The molecule has 0 bridgehead atoms. The Morgan fingerprint density at radius 1 is 1.04 bits per heavy atom. The lowest BCUT2D eigenvalue weighted by Crippen LogP contribution is -2.30. The summed E-state index contributed by atoms with van der Waals surface area (Å²) in [4.78, 5) is 12.0. The Labute approximate surface area is 132 Å². The lowest BCUT2D eigenvalue weighted by molar-refractivity contribution is -0.137. The average molecular weight is 323 g/mol. The molecule has 0 spiro atoms. The third kappa shape index (κ3) is 4.74. The number of benzene rings is 2. The smallest absolute Gasteiger partial charge is 0.416 e. The molecule has 23 heavy (non-hydrogen) atoms. The predicted molar refractivity (Wildman–Crippen MR) is 81.3 cm³/mol. The molecule has 0 aromatic heterocycles. The van der Waals surface area contributed by atoms with Gasteiger partial charge in [0.1, 0.15) is 5.75 Å². The first-order valence-corrected chi connectivity index (χ1v) is 6.97. The zero-order valence-corrected chi connectivity index (χ0v) is 12.6. The van der Waals surface area contributed by atoms with Crippen molar-refractivity contribution in [2.45, 2.75) is 26.1 Å². The molecule has 0 fully saturated rings. The molecule has 6 heteroatoms. The molecule has 2 rings (SSSR count). The molecule has 0 radical (unpaired) electrons. The second-order valence-corrected chi connectivity index (χ2v) is 5.14. The zero-order valence-electron chi connectivity index (χ0n) is 12.6. The Bertz CT molecular complexity index is 664. The maximum Gasteiger partial charge on any atom is 0.416 e. The van der Waals surface area contributed by atoms with Crippen molar-refractivity contribution in [3.8, 4) is 5.75 Å². The topological polar surface area (TPSA) is 38.3 Å². The lowest BCUT2D eigenvalue weighted by atomic mass is 10.2. The highest BCUT2D eigenvalue weighted by atomic mass is 19.4. The molecule has 3 nitrogen and oxygen atoms in total. The lowest BCUT2D eigenvalue weighted by Gasteiger charge is -2.15. The van der Waals surface area contributed by atoms with Gasteiger partial charge in [0, 0.05) is 5.69 Å². The molecule has 0 unspecified atom stereocenters. The van der Waals surface area contributed by atoms with E-state index in [1.807, 2.05) is 19.1 Å². The van der Waals surface area contributed by atoms with Crippen LogP contribution in [-0.2, 0) is 11.0 Å². The van der Waals surface area contributed by atoms with E-state index in [1.165, 1.54) is 19.1 Å². The van der Waals surface area contributed by atoms with Crippen LogP contribution in [0.3, 0.4) is 0 Å². The Morgan fingerprint density at radius 2 is 1.61 bits per heavy atom. The van der Waals surface area contributed by atoms with Crippen LogP contribution in [-0.4, -0.2) is 12.0 Å². The number of carbonyl (C=O) groups excluding carboxylic acids is 1. The third-order valence-corrected chi connectivity index (χ3v) is 3.18. The van der Waals surface area contributed by atoms with Gasteiger partial charge >= 0.3 is 6.18 Å². The third-order valence-electron chi connectivity index (χ3n) is 3.18. The Morgan fingerprint density at radius 3 is 2.13 bits per heavy atom. The van der Waals surface area contributed by atoms with Crippen LogP contribution in [0.1, 0.15) is 18.1 Å². The molecule has 1 amide bonds. The Hall–Kier alpha value is -2.50. The molecule has 2 aromatic rings. The van der Waals surface area contributed by atoms with Crippen LogP contribution in [0.2, 0.25) is 0 Å². The number of ether oxygens (including phenoxy) is 1. The van der Waals surface area contributed by atoms with Crippen LogP contribution in [0.15, 0.2) is 48.5 Å². The van der Waals surface area contributed by atoms with Crippen LogP contribution in [0.5, 0.6) is 5.75 Å². The summed E-state index contributed by atoms with van der Waals surface area (Å²) >= 11 is 0. The van der Waals surface area contributed by atoms with Crippen LogP contribution in [0.4, 0.5) is 18.9 Å². The second kappa shape index (κ2) is 6.73. The molecule has 1 N–H and O–H groups in total. The van der Waals surface area contributed by atoms with E-state index in [2.05, 4.69) is 5.32 Å². The van der Waals surface area contributed by atoms with Crippen molar-refractivity contribution in [3.63, 3.8) is 0 Å². The van der Waals surface area contributed by atoms with Gasteiger partial charge in [-0.15, -0.1) is 0 Å². The van der Waals surface area contributed by atoms with Gasteiger partial charge in [-0.1, -0.05) is 17.7 Å². The van der Waals surface area contributed by atoms with Crippen molar-refractivity contribution in [1.82, 2.24) is 0 Å². The number of anilines is 1. The zero-order chi connectivity index (χ0) is 17.0. The van der Waals surface area contributed by atoms with Crippen molar-refractivity contribution < 1.29 is 22.7 Å².